The first-order chi connectivity index (χ1) is 7.13. The predicted octanol–water partition coefficient (Wildman–Crippen LogP) is 0.618. The second-order valence-corrected chi connectivity index (χ2v) is 3.88. The molecule has 1 aromatic rings. The number of nitrogens with one attached hydrogen (secondary N) is 1. The third-order valence-corrected chi connectivity index (χ3v) is 2.20. The molecule has 1 unspecified atom stereocenters. The molecule has 0 spiro atoms. The summed E-state index contributed by atoms with van der Waals surface area (Å²) < 4.78 is 0. The van der Waals surface area contributed by atoms with Crippen molar-refractivity contribution in [3.63, 3.8) is 0 Å². The minimum Gasteiger partial charge on any atom is -0.395 e. The number of aliphatic hydroxyl groups is 1. The van der Waals surface area contributed by atoms with Crippen LogP contribution in [-0.4, -0.2) is 36.8 Å². The molecule has 0 aromatic carbocycles. The maximum atomic E-state index is 8.84. The Morgan fingerprint density at radius 2 is 2.20 bits per heavy atom. The molecule has 1 atom stereocenters. The van der Waals surface area contributed by atoms with Crippen molar-refractivity contribution in [2.75, 3.05) is 25.6 Å². The number of aromatic nitrogens is 1. The van der Waals surface area contributed by atoms with Crippen LogP contribution in [0.1, 0.15) is 12.5 Å². The molecule has 84 valence electrons. The van der Waals surface area contributed by atoms with E-state index in [2.05, 4.69) is 10.3 Å². The van der Waals surface area contributed by atoms with Gasteiger partial charge in [-0.2, -0.15) is 0 Å². The highest BCUT2D eigenvalue weighted by atomic mass is 16.3. The average molecular weight is 209 g/mol. The molecule has 0 fully saturated rings. The van der Waals surface area contributed by atoms with Crippen LogP contribution in [0.3, 0.4) is 0 Å². The number of aliphatic hydroxyl groups excluding tert-OH is 1. The molecule has 0 saturated heterocycles. The van der Waals surface area contributed by atoms with Gasteiger partial charge in [-0.15, -0.1) is 0 Å². The highest BCUT2D eigenvalue weighted by Gasteiger charge is 2.00. The molecule has 0 saturated carbocycles. The van der Waals surface area contributed by atoms with Gasteiger partial charge in [0, 0.05) is 32.9 Å². The van der Waals surface area contributed by atoms with E-state index >= 15 is 0 Å². The highest BCUT2D eigenvalue weighted by Crippen LogP contribution is 2.07. The zero-order chi connectivity index (χ0) is 11.3. The Kier molecular flexibility index (Phi) is 4.52. The topological polar surface area (TPSA) is 48.4 Å². The van der Waals surface area contributed by atoms with Gasteiger partial charge in [-0.3, -0.25) is 0 Å². The standard InChI is InChI=1S/C11H19N3O/c1-9(8-15)12-6-10-4-5-11(13-7-10)14(2)3/h4-5,7,9,12,15H,6,8H2,1-3H3. The lowest BCUT2D eigenvalue weighted by molar-refractivity contribution is 0.251. The van der Waals surface area contributed by atoms with Crippen LogP contribution in [0.2, 0.25) is 0 Å². The van der Waals surface area contributed by atoms with Crippen molar-refractivity contribution in [2.45, 2.75) is 19.5 Å². The van der Waals surface area contributed by atoms with Gasteiger partial charge in [0.05, 0.1) is 6.61 Å². The molecule has 0 radical (unpaired) electrons. The molecule has 0 aliphatic heterocycles. The molecule has 4 heteroatoms. The molecule has 15 heavy (non-hydrogen) atoms. The number of hydrogen-bond acceptors (Lipinski definition) is 4. The Morgan fingerprint density at radius 3 is 2.67 bits per heavy atom. The largest absolute Gasteiger partial charge is 0.395 e. The molecular weight excluding hydrogens is 190 g/mol. The maximum absolute atomic E-state index is 8.84. The Balaban J connectivity index is 2.50. The predicted molar refractivity (Wildman–Crippen MR) is 62.0 cm³/mol. The summed E-state index contributed by atoms with van der Waals surface area (Å²) in [4.78, 5) is 6.27. The van der Waals surface area contributed by atoms with Gasteiger partial charge in [0.1, 0.15) is 5.82 Å². The van der Waals surface area contributed by atoms with Crippen LogP contribution in [0.25, 0.3) is 0 Å². The van der Waals surface area contributed by atoms with E-state index < -0.39 is 0 Å². The van der Waals surface area contributed by atoms with Crippen LogP contribution in [0.5, 0.6) is 0 Å². The molecular formula is C11H19N3O. The molecule has 2 N–H and O–H groups in total. The molecule has 0 aliphatic carbocycles. The molecule has 0 amide bonds. The van der Waals surface area contributed by atoms with E-state index in [1.165, 1.54) is 0 Å². The smallest absolute Gasteiger partial charge is 0.127 e. The summed E-state index contributed by atoms with van der Waals surface area (Å²) in [5.41, 5.74) is 1.13. The van der Waals surface area contributed by atoms with Gasteiger partial charge in [-0.05, 0) is 18.6 Å². The van der Waals surface area contributed by atoms with E-state index in [0.717, 1.165) is 17.9 Å². The fourth-order valence-electron chi connectivity index (χ4n) is 1.14. The van der Waals surface area contributed by atoms with Gasteiger partial charge in [-0.25, -0.2) is 4.98 Å². The van der Waals surface area contributed by atoms with Gasteiger partial charge in [0.25, 0.3) is 0 Å². The van der Waals surface area contributed by atoms with Crippen LogP contribution in [0, 0.1) is 0 Å². The number of pyridine rings is 1. The molecule has 4 nitrogen and oxygen atoms in total. The fourth-order valence-corrected chi connectivity index (χ4v) is 1.14. The fraction of sp³-hybridized carbons (Fsp3) is 0.545. The Bertz CT molecular complexity index is 284. The summed E-state index contributed by atoms with van der Waals surface area (Å²) in [5.74, 6) is 0.953. The van der Waals surface area contributed by atoms with Crippen molar-refractivity contribution >= 4 is 5.82 Å². The van der Waals surface area contributed by atoms with Gasteiger partial charge in [0.2, 0.25) is 0 Å². The Morgan fingerprint density at radius 1 is 1.47 bits per heavy atom. The summed E-state index contributed by atoms with van der Waals surface area (Å²) in [6.07, 6.45) is 1.85. The number of nitrogens with zero attached hydrogens (tertiary/aromatic N) is 2. The van der Waals surface area contributed by atoms with Gasteiger partial charge >= 0.3 is 0 Å². The van der Waals surface area contributed by atoms with Crippen molar-refractivity contribution in [3.8, 4) is 0 Å². The molecule has 0 aliphatic rings. The second kappa shape index (κ2) is 5.68. The normalized spacial score (nSPS) is 12.5. The van der Waals surface area contributed by atoms with Crippen LogP contribution in [0.15, 0.2) is 18.3 Å². The molecule has 1 aromatic heterocycles. The molecule has 1 rings (SSSR count). The van der Waals surface area contributed by atoms with E-state index in [9.17, 15) is 0 Å². The third kappa shape index (κ3) is 3.85. The SMILES string of the molecule is CC(CO)NCc1ccc(N(C)C)nc1. The van der Waals surface area contributed by atoms with Crippen LogP contribution in [-0.2, 0) is 6.54 Å². The Labute approximate surface area is 90.9 Å². The number of anilines is 1. The van der Waals surface area contributed by atoms with Crippen molar-refractivity contribution in [1.29, 1.82) is 0 Å². The molecule has 1 heterocycles. The van der Waals surface area contributed by atoms with Crippen molar-refractivity contribution in [2.24, 2.45) is 0 Å². The summed E-state index contributed by atoms with van der Waals surface area (Å²) in [5, 5.41) is 12.0. The lowest BCUT2D eigenvalue weighted by Crippen LogP contribution is -2.28. The summed E-state index contributed by atoms with van der Waals surface area (Å²) in [6.45, 7) is 2.84. The van der Waals surface area contributed by atoms with Crippen molar-refractivity contribution < 1.29 is 5.11 Å². The van der Waals surface area contributed by atoms with Crippen LogP contribution < -0.4 is 10.2 Å². The lowest BCUT2D eigenvalue weighted by Gasteiger charge is -2.13. The quantitative estimate of drug-likeness (QED) is 0.746. The van der Waals surface area contributed by atoms with E-state index in [1.807, 2.05) is 44.2 Å². The van der Waals surface area contributed by atoms with E-state index in [1.54, 1.807) is 0 Å². The molecule has 0 bridgehead atoms. The monoisotopic (exact) mass is 209 g/mol. The first kappa shape index (κ1) is 11.9. The van der Waals surface area contributed by atoms with Crippen LogP contribution in [0.4, 0.5) is 5.82 Å². The second-order valence-electron chi connectivity index (χ2n) is 3.88. The summed E-state index contributed by atoms with van der Waals surface area (Å²) in [6, 6.07) is 4.15. The number of rotatable bonds is 5. The zero-order valence-electron chi connectivity index (χ0n) is 9.57. The van der Waals surface area contributed by atoms with E-state index in [0.29, 0.717) is 0 Å². The first-order valence-corrected chi connectivity index (χ1v) is 5.10. The summed E-state index contributed by atoms with van der Waals surface area (Å²) in [7, 11) is 3.93. The zero-order valence-corrected chi connectivity index (χ0v) is 9.57. The first-order valence-electron chi connectivity index (χ1n) is 5.10. The third-order valence-electron chi connectivity index (χ3n) is 2.20. The lowest BCUT2D eigenvalue weighted by atomic mass is 10.2. The maximum Gasteiger partial charge on any atom is 0.127 e. The minimum atomic E-state index is 0.124. The Hall–Kier alpha value is -1.13. The van der Waals surface area contributed by atoms with Gasteiger partial charge in [0.15, 0.2) is 0 Å². The van der Waals surface area contributed by atoms with Crippen molar-refractivity contribution in [3.05, 3.63) is 23.9 Å². The average Bonchev–Trinajstić information content (AvgIpc) is 2.26. The minimum absolute atomic E-state index is 0.124. The summed E-state index contributed by atoms with van der Waals surface area (Å²) >= 11 is 0. The van der Waals surface area contributed by atoms with Crippen LogP contribution >= 0.6 is 0 Å². The van der Waals surface area contributed by atoms with Crippen molar-refractivity contribution in [1.82, 2.24) is 10.3 Å². The van der Waals surface area contributed by atoms with Gasteiger partial charge < -0.3 is 15.3 Å². The van der Waals surface area contributed by atoms with E-state index in [-0.39, 0.29) is 12.6 Å². The highest BCUT2D eigenvalue weighted by molar-refractivity contribution is 5.37. The van der Waals surface area contributed by atoms with Gasteiger partial charge in [-0.1, -0.05) is 6.07 Å². The van der Waals surface area contributed by atoms with E-state index in [4.69, 9.17) is 5.11 Å². The number of hydrogen-bond donors (Lipinski definition) is 2.